The van der Waals surface area contributed by atoms with Crippen LogP contribution in [0, 0.1) is 0 Å². The van der Waals surface area contributed by atoms with Crippen LogP contribution in [0.4, 0.5) is 0 Å². The molecule has 0 bridgehead atoms. The first-order valence-electron chi connectivity index (χ1n) is 10.1. The van der Waals surface area contributed by atoms with Gasteiger partial charge in [0.2, 0.25) is 5.91 Å². The highest BCUT2D eigenvalue weighted by molar-refractivity contribution is 8.00. The second kappa shape index (κ2) is 9.74. The van der Waals surface area contributed by atoms with Crippen molar-refractivity contribution in [3.63, 3.8) is 0 Å². The van der Waals surface area contributed by atoms with Crippen molar-refractivity contribution in [3.05, 3.63) is 70.5 Å². The lowest BCUT2D eigenvalue weighted by molar-refractivity contribution is -0.130. The van der Waals surface area contributed by atoms with E-state index in [1.165, 1.54) is 11.8 Å². The van der Waals surface area contributed by atoms with Crippen molar-refractivity contribution in [3.8, 4) is 0 Å². The molecule has 0 radical (unpaired) electrons. The molecule has 0 N–H and O–H groups in total. The number of aromatic nitrogens is 2. The molecular weight excluding hydrogens is 382 g/mol. The van der Waals surface area contributed by atoms with Crippen LogP contribution in [0.15, 0.2) is 64.5 Å². The summed E-state index contributed by atoms with van der Waals surface area (Å²) in [5.74, 6) is 0.0386. The van der Waals surface area contributed by atoms with Crippen LogP contribution in [0.3, 0.4) is 0 Å². The van der Waals surface area contributed by atoms with E-state index in [9.17, 15) is 9.59 Å². The van der Waals surface area contributed by atoms with Crippen molar-refractivity contribution in [2.45, 2.75) is 44.1 Å². The maximum Gasteiger partial charge on any atom is 0.262 e. The van der Waals surface area contributed by atoms with Crippen LogP contribution in [-0.4, -0.2) is 33.4 Å². The van der Waals surface area contributed by atoms with E-state index in [1.807, 2.05) is 74.2 Å². The number of rotatable bonds is 8. The zero-order valence-corrected chi connectivity index (χ0v) is 18.0. The maximum atomic E-state index is 13.3. The fourth-order valence-corrected chi connectivity index (χ4v) is 4.56. The van der Waals surface area contributed by atoms with Gasteiger partial charge < -0.3 is 4.90 Å². The van der Waals surface area contributed by atoms with E-state index in [2.05, 4.69) is 0 Å². The lowest BCUT2D eigenvalue weighted by atomic mass is 10.1. The van der Waals surface area contributed by atoms with Crippen LogP contribution in [0.5, 0.6) is 0 Å². The van der Waals surface area contributed by atoms with Crippen LogP contribution in [0.2, 0.25) is 0 Å². The molecule has 0 fully saturated rings. The molecular formula is C23H27N3O2S. The number of thioether (sulfide) groups is 1. The van der Waals surface area contributed by atoms with E-state index in [1.54, 1.807) is 10.6 Å². The predicted octanol–water partition coefficient (Wildman–Crippen LogP) is 4.51. The van der Waals surface area contributed by atoms with Gasteiger partial charge in [-0.05, 0) is 38.0 Å². The number of fused-ring (bicyclic) bond motifs is 1. The van der Waals surface area contributed by atoms with Crippen molar-refractivity contribution in [1.29, 1.82) is 0 Å². The molecule has 0 aliphatic carbocycles. The average Bonchev–Trinajstić information content (AvgIpc) is 2.76. The number of carbonyl (C=O) groups is 1. The van der Waals surface area contributed by atoms with Gasteiger partial charge in [-0.1, -0.05) is 61.2 Å². The number of para-hydroxylation sites is 1. The molecule has 0 spiro atoms. The molecule has 29 heavy (non-hydrogen) atoms. The number of benzene rings is 2. The Bertz CT molecular complexity index is 1030. The third kappa shape index (κ3) is 4.53. The van der Waals surface area contributed by atoms with Gasteiger partial charge in [0.15, 0.2) is 5.16 Å². The highest BCUT2D eigenvalue weighted by atomic mass is 32.2. The first-order chi connectivity index (χ1) is 14.1. The topological polar surface area (TPSA) is 55.2 Å². The number of nitrogens with zero attached hydrogens (tertiary/aromatic N) is 3. The second-order valence-electron chi connectivity index (χ2n) is 6.79. The Hall–Kier alpha value is -2.60. The lowest BCUT2D eigenvalue weighted by Gasteiger charge is -2.25. The molecule has 0 aliphatic heterocycles. The van der Waals surface area contributed by atoms with Crippen LogP contribution in [0.1, 0.15) is 38.0 Å². The summed E-state index contributed by atoms with van der Waals surface area (Å²) in [6, 6.07) is 17.1. The summed E-state index contributed by atoms with van der Waals surface area (Å²) in [7, 11) is 0. The number of hydrogen-bond donors (Lipinski definition) is 0. The van der Waals surface area contributed by atoms with Crippen LogP contribution >= 0.6 is 11.8 Å². The highest BCUT2D eigenvalue weighted by Crippen LogP contribution is 2.36. The van der Waals surface area contributed by atoms with Gasteiger partial charge in [-0.2, -0.15) is 0 Å². The summed E-state index contributed by atoms with van der Waals surface area (Å²) >= 11 is 1.37. The van der Waals surface area contributed by atoms with Gasteiger partial charge >= 0.3 is 0 Å². The molecule has 1 heterocycles. The normalized spacial score (nSPS) is 12.1. The van der Waals surface area contributed by atoms with Gasteiger partial charge in [0.05, 0.1) is 10.9 Å². The minimum absolute atomic E-state index is 0.0386. The van der Waals surface area contributed by atoms with Crippen molar-refractivity contribution < 1.29 is 4.79 Å². The quantitative estimate of drug-likeness (QED) is 0.406. The Morgan fingerprint density at radius 3 is 2.34 bits per heavy atom. The van der Waals surface area contributed by atoms with Gasteiger partial charge in [0.25, 0.3) is 5.56 Å². The van der Waals surface area contributed by atoms with E-state index in [4.69, 9.17) is 4.98 Å². The van der Waals surface area contributed by atoms with Gasteiger partial charge in [-0.25, -0.2) is 4.98 Å². The summed E-state index contributed by atoms with van der Waals surface area (Å²) in [4.78, 5) is 33.0. The van der Waals surface area contributed by atoms with Crippen LogP contribution in [0.25, 0.3) is 10.9 Å². The zero-order valence-electron chi connectivity index (χ0n) is 17.2. The van der Waals surface area contributed by atoms with Crippen LogP contribution in [-0.2, 0) is 11.3 Å². The Kier molecular flexibility index (Phi) is 7.09. The largest absolute Gasteiger partial charge is 0.342 e. The minimum Gasteiger partial charge on any atom is -0.342 e. The molecule has 3 rings (SSSR count). The van der Waals surface area contributed by atoms with Crippen molar-refractivity contribution in [1.82, 2.24) is 14.5 Å². The highest BCUT2D eigenvalue weighted by Gasteiger charge is 2.27. The first kappa shape index (κ1) is 21.1. The smallest absolute Gasteiger partial charge is 0.262 e. The number of likely N-dealkylation sites (N-methyl/N-ethyl adjacent to an activating group) is 1. The third-order valence-electron chi connectivity index (χ3n) is 4.90. The lowest BCUT2D eigenvalue weighted by Crippen LogP contribution is -2.34. The summed E-state index contributed by atoms with van der Waals surface area (Å²) in [6.45, 7) is 7.86. The van der Waals surface area contributed by atoms with Crippen molar-refractivity contribution >= 4 is 28.6 Å². The van der Waals surface area contributed by atoms with Gasteiger partial charge in [0, 0.05) is 19.6 Å². The molecule has 1 amide bonds. The molecule has 0 saturated carbocycles. The number of amides is 1. The summed E-state index contributed by atoms with van der Waals surface area (Å²) in [5, 5.41) is 0.744. The first-order valence-corrected chi connectivity index (χ1v) is 11.0. The molecule has 6 heteroatoms. The van der Waals surface area contributed by atoms with E-state index >= 15 is 0 Å². The molecule has 1 aromatic heterocycles. The number of carbonyl (C=O) groups excluding carboxylic acids is 1. The fourth-order valence-electron chi connectivity index (χ4n) is 3.35. The SMILES string of the molecule is CCCn1c(S[C@H](C(=O)N(CC)CC)c2ccccc2)nc2ccccc2c1=O. The van der Waals surface area contributed by atoms with Crippen molar-refractivity contribution in [2.24, 2.45) is 0 Å². The van der Waals surface area contributed by atoms with E-state index < -0.39 is 5.25 Å². The molecule has 2 aromatic carbocycles. The minimum atomic E-state index is -0.452. The third-order valence-corrected chi connectivity index (χ3v) is 6.13. The monoisotopic (exact) mass is 409 g/mol. The molecule has 1 atom stereocenters. The Labute approximate surface area is 175 Å². The summed E-state index contributed by atoms with van der Waals surface area (Å²) < 4.78 is 1.71. The zero-order chi connectivity index (χ0) is 20.8. The van der Waals surface area contributed by atoms with Gasteiger partial charge in [-0.3, -0.25) is 14.2 Å². The molecule has 0 unspecified atom stereocenters. The Morgan fingerprint density at radius 1 is 1.03 bits per heavy atom. The van der Waals surface area contributed by atoms with E-state index in [-0.39, 0.29) is 11.5 Å². The second-order valence-corrected chi connectivity index (χ2v) is 7.86. The Balaban J connectivity index is 2.12. The molecule has 3 aromatic rings. The fraction of sp³-hybridized carbons (Fsp3) is 0.348. The molecule has 0 aliphatic rings. The van der Waals surface area contributed by atoms with Gasteiger partial charge in [0.1, 0.15) is 5.25 Å². The molecule has 5 nitrogen and oxygen atoms in total. The standard InChI is InChI=1S/C23H27N3O2S/c1-4-16-26-21(27)18-14-10-11-15-19(18)24-23(26)29-20(17-12-8-7-9-13-17)22(28)25(5-2)6-3/h7-15,20H,4-6,16H2,1-3H3/t20-/m0/s1. The average molecular weight is 410 g/mol. The molecule has 0 saturated heterocycles. The summed E-state index contributed by atoms with van der Waals surface area (Å²) in [6.07, 6.45) is 0.813. The summed E-state index contributed by atoms with van der Waals surface area (Å²) in [5.41, 5.74) is 1.52. The predicted molar refractivity (Wildman–Crippen MR) is 119 cm³/mol. The maximum absolute atomic E-state index is 13.3. The van der Waals surface area contributed by atoms with E-state index in [0.717, 1.165) is 12.0 Å². The number of hydrogen-bond acceptors (Lipinski definition) is 4. The van der Waals surface area contributed by atoms with Crippen molar-refractivity contribution in [2.75, 3.05) is 13.1 Å². The van der Waals surface area contributed by atoms with E-state index in [0.29, 0.717) is 35.7 Å². The van der Waals surface area contributed by atoms with Crippen LogP contribution < -0.4 is 5.56 Å². The Morgan fingerprint density at radius 2 is 1.69 bits per heavy atom. The molecule has 152 valence electrons. The van der Waals surface area contributed by atoms with Gasteiger partial charge in [-0.15, -0.1) is 0 Å².